The molecule has 0 amide bonds. The lowest BCUT2D eigenvalue weighted by molar-refractivity contribution is 1.28. The van der Waals surface area contributed by atoms with Crippen LogP contribution in [0.25, 0.3) is 75.4 Å². The molecule has 0 bridgehead atoms. The number of fused-ring (bicyclic) bond motifs is 6. The van der Waals surface area contributed by atoms with Crippen LogP contribution in [0.1, 0.15) is 0 Å². The molecule has 0 unspecified atom stereocenters. The Hall–Kier alpha value is -6.55. The summed E-state index contributed by atoms with van der Waals surface area (Å²) in [6.45, 7) is 0. The Bertz CT molecular complexity index is 2880. The maximum Gasteiger partial charge on any atom is 0.124 e. The minimum Gasteiger partial charge on any atom is -0.311 e. The molecule has 10 rings (SSSR count). The highest BCUT2D eigenvalue weighted by Gasteiger charge is 2.15. The Morgan fingerprint density at radius 3 is 1.63 bits per heavy atom. The number of nitrogens with zero attached hydrogens (tertiary/aromatic N) is 2. The zero-order valence-electron chi connectivity index (χ0n) is 28.3. The molecule has 0 aliphatic heterocycles. The van der Waals surface area contributed by atoms with Crippen LogP contribution in [0.15, 0.2) is 194 Å². The second-order valence-corrected chi connectivity index (χ2v) is 14.3. The molecule has 10 aromatic rings. The van der Waals surface area contributed by atoms with Gasteiger partial charge in [-0.2, -0.15) is 0 Å². The summed E-state index contributed by atoms with van der Waals surface area (Å²) in [6, 6.07) is 69.8. The van der Waals surface area contributed by atoms with Crippen LogP contribution in [-0.2, 0) is 0 Å². The summed E-state index contributed by atoms with van der Waals surface area (Å²) in [5.74, 6) is 0. The van der Waals surface area contributed by atoms with Crippen molar-refractivity contribution in [1.82, 2.24) is 4.98 Å². The van der Waals surface area contributed by atoms with Gasteiger partial charge in [-0.1, -0.05) is 140 Å². The lowest BCUT2D eigenvalue weighted by atomic mass is 9.96. The van der Waals surface area contributed by atoms with Crippen LogP contribution in [0, 0.1) is 0 Å². The molecule has 0 atom stereocenters. The normalized spacial score (nSPS) is 11.5. The molecule has 52 heavy (non-hydrogen) atoms. The minimum absolute atomic E-state index is 1.05. The molecule has 1 heterocycles. The fourth-order valence-electron chi connectivity index (χ4n) is 7.41. The number of benzene rings is 9. The number of hydrogen-bond acceptors (Lipinski definition) is 3. The van der Waals surface area contributed by atoms with Gasteiger partial charge in [-0.3, -0.25) is 0 Å². The molecule has 2 nitrogen and oxygen atoms in total. The van der Waals surface area contributed by atoms with Crippen LogP contribution in [0.2, 0.25) is 0 Å². The van der Waals surface area contributed by atoms with E-state index in [1.165, 1.54) is 59.3 Å². The summed E-state index contributed by atoms with van der Waals surface area (Å²) < 4.78 is 1.21. The molecule has 244 valence electrons. The molecule has 0 aliphatic rings. The largest absolute Gasteiger partial charge is 0.311 e. The molecule has 0 N–H and O–H groups in total. The number of thiazole rings is 1. The molecule has 0 saturated carbocycles. The second kappa shape index (κ2) is 12.6. The second-order valence-electron chi connectivity index (χ2n) is 13.2. The standard InChI is InChI=1S/C49H32N2S/c1-3-9-33(10-4-1)35-19-24-42(25-20-35)51(41-13-5-2-6-14-41)43-26-21-36(22-27-43)39-17-16-37-23-28-45-44(46(37)32-39)29-30-47-48(45)50-49(52-47)40-18-15-34-11-7-8-12-38(34)31-40/h1-32H. The number of anilines is 3. The van der Waals surface area contributed by atoms with Crippen molar-refractivity contribution in [2.45, 2.75) is 0 Å². The van der Waals surface area contributed by atoms with Crippen LogP contribution < -0.4 is 4.90 Å². The van der Waals surface area contributed by atoms with Gasteiger partial charge >= 0.3 is 0 Å². The third-order valence-corrected chi connectivity index (χ3v) is 11.1. The first-order chi connectivity index (χ1) is 25.7. The van der Waals surface area contributed by atoms with Gasteiger partial charge in [-0.05, 0) is 104 Å². The van der Waals surface area contributed by atoms with Gasteiger partial charge in [0.05, 0.1) is 10.2 Å². The van der Waals surface area contributed by atoms with Crippen molar-refractivity contribution in [3.05, 3.63) is 194 Å². The lowest BCUT2D eigenvalue weighted by Gasteiger charge is -2.26. The molecular weight excluding hydrogens is 649 g/mol. The van der Waals surface area contributed by atoms with Crippen molar-refractivity contribution in [3.8, 4) is 32.8 Å². The molecule has 3 heteroatoms. The maximum absolute atomic E-state index is 5.22. The van der Waals surface area contributed by atoms with Crippen molar-refractivity contribution in [2.75, 3.05) is 4.90 Å². The molecule has 0 aliphatic carbocycles. The van der Waals surface area contributed by atoms with Crippen LogP contribution >= 0.6 is 11.3 Å². The van der Waals surface area contributed by atoms with E-state index in [1.54, 1.807) is 11.3 Å². The Morgan fingerprint density at radius 2 is 0.885 bits per heavy atom. The van der Waals surface area contributed by atoms with Crippen molar-refractivity contribution in [3.63, 3.8) is 0 Å². The summed E-state index contributed by atoms with van der Waals surface area (Å²) in [5, 5.41) is 8.43. The van der Waals surface area contributed by atoms with E-state index in [0.717, 1.165) is 33.1 Å². The average Bonchev–Trinajstić information content (AvgIpc) is 3.67. The van der Waals surface area contributed by atoms with E-state index in [9.17, 15) is 0 Å². The van der Waals surface area contributed by atoms with Crippen LogP contribution in [0.4, 0.5) is 17.1 Å². The van der Waals surface area contributed by atoms with Crippen molar-refractivity contribution in [1.29, 1.82) is 0 Å². The zero-order chi connectivity index (χ0) is 34.4. The van der Waals surface area contributed by atoms with E-state index < -0.39 is 0 Å². The molecule has 0 spiro atoms. The monoisotopic (exact) mass is 680 g/mol. The third-order valence-electron chi connectivity index (χ3n) is 10.1. The quantitative estimate of drug-likeness (QED) is 0.163. The Kier molecular flexibility index (Phi) is 7.37. The topological polar surface area (TPSA) is 16.1 Å². The molecule has 9 aromatic carbocycles. The maximum atomic E-state index is 5.22. The fourth-order valence-corrected chi connectivity index (χ4v) is 8.39. The van der Waals surface area contributed by atoms with E-state index in [1.807, 2.05) is 0 Å². The van der Waals surface area contributed by atoms with Gasteiger partial charge in [-0.15, -0.1) is 11.3 Å². The summed E-state index contributed by atoms with van der Waals surface area (Å²) in [4.78, 5) is 7.53. The first kappa shape index (κ1) is 30.3. The van der Waals surface area contributed by atoms with Crippen molar-refractivity contribution >= 4 is 70.9 Å². The lowest BCUT2D eigenvalue weighted by Crippen LogP contribution is -2.09. The van der Waals surface area contributed by atoms with Gasteiger partial charge in [-0.25, -0.2) is 4.98 Å². The summed E-state index contributed by atoms with van der Waals surface area (Å²) in [5.41, 5.74) is 10.4. The molecule has 0 radical (unpaired) electrons. The van der Waals surface area contributed by atoms with Gasteiger partial charge < -0.3 is 4.90 Å². The van der Waals surface area contributed by atoms with Crippen molar-refractivity contribution in [2.24, 2.45) is 0 Å². The smallest absolute Gasteiger partial charge is 0.124 e. The van der Waals surface area contributed by atoms with Gasteiger partial charge in [0.1, 0.15) is 5.01 Å². The van der Waals surface area contributed by atoms with Crippen LogP contribution in [0.3, 0.4) is 0 Å². The third kappa shape index (κ3) is 5.40. The first-order valence-electron chi connectivity index (χ1n) is 17.6. The number of para-hydroxylation sites is 1. The van der Waals surface area contributed by atoms with Gasteiger partial charge in [0.25, 0.3) is 0 Å². The molecule has 1 aromatic heterocycles. The van der Waals surface area contributed by atoms with Crippen molar-refractivity contribution < 1.29 is 0 Å². The van der Waals surface area contributed by atoms with Crippen LogP contribution in [-0.4, -0.2) is 4.98 Å². The Balaban J connectivity index is 1.01. The molecular formula is C49H32N2S. The highest BCUT2D eigenvalue weighted by molar-refractivity contribution is 7.21. The Morgan fingerprint density at radius 1 is 0.346 bits per heavy atom. The highest BCUT2D eigenvalue weighted by atomic mass is 32.1. The number of hydrogen-bond donors (Lipinski definition) is 0. The van der Waals surface area contributed by atoms with E-state index >= 15 is 0 Å². The summed E-state index contributed by atoms with van der Waals surface area (Å²) in [6.07, 6.45) is 0. The predicted octanol–water partition coefficient (Wildman–Crippen LogP) is 14.2. The average molecular weight is 681 g/mol. The minimum atomic E-state index is 1.05. The zero-order valence-corrected chi connectivity index (χ0v) is 29.1. The Labute approximate surface area is 306 Å². The molecule has 0 fully saturated rings. The van der Waals surface area contributed by atoms with Gasteiger partial charge in [0.2, 0.25) is 0 Å². The molecule has 0 saturated heterocycles. The first-order valence-corrected chi connectivity index (χ1v) is 18.4. The summed E-state index contributed by atoms with van der Waals surface area (Å²) in [7, 11) is 0. The predicted molar refractivity (Wildman–Crippen MR) is 223 cm³/mol. The van der Waals surface area contributed by atoms with Gasteiger partial charge in [0.15, 0.2) is 0 Å². The summed E-state index contributed by atoms with van der Waals surface area (Å²) >= 11 is 1.76. The van der Waals surface area contributed by atoms with Gasteiger partial charge in [0, 0.05) is 28.0 Å². The fraction of sp³-hybridized carbons (Fsp3) is 0. The van der Waals surface area contributed by atoms with E-state index in [2.05, 4.69) is 199 Å². The van der Waals surface area contributed by atoms with E-state index in [4.69, 9.17) is 4.98 Å². The SMILES string of the molecule is c1ccc(-c2ccc(N(c3ccccc3)c3ccc(-c4ccc5ccc6c(ccc7sc(-c8ccc9ccccc9c8)nc76)c5c4)cc3)cc2)cc1. The van der Waals surface area contributed by atoms with E-state index in [-0.39, 0.29) is 0 Å². The van der Waals surface area contributed by atoms with E-state index in [0.29, 0.717) is 0 Å². The van der Waals surface area contributed by atoms with Crippen LogP contribution in [0.5, 0.6) is 0 Å². The highest BCUT2D eigenvalue weighted by Crippen LogP contribution is 2.40. The number of aromatic nitrogens is 1. The number of rotatable bonds is 6.